The van der Waals surface area contributed by atoms with E-state index in [1.165, 1.54) is 22.3 Å². The molecule has 10 aromatic rings. The maximum atomic E-state index is 6.33. The molecule has 0 aliphatic carbocycles. The highest BCUT2D eigenvalue weighted by Crippen LogP contribution is 2.36. The van der Waals surface area contributed by atoms with Crippen LogP contribution in [0.1, 0.15) is 19.3 Å². The second-order valence-electron chi connectivity index (χ2n) is 17.3. The van der Waals surface area contributed by atoms with Gasteiger partial charge in [0.1, 0.15) is 24.6 Å². The number of pyridine rings is 6. The van der Waals surface area contributed by atoms with Crippen LogP contribution in [0.15, 0.2) is 171 Å². The third-order valence-corrected chi connectivity index (χ3v) is 13.2. The summed E-state index contributed by atoms with van der Waals surface area (Å²) in [5.74, 6) is 1.61. The van der Waals surface area contributed by atoms with Gasteiger partial charge in [-0.15, -0.1) is 0 Å². The predicted octanol–water partition coefficient (Wildman–Crippen LogP) is -0.992. The molecule has 376 valence electrons. The van der Waals surface area contributed by atoms with Crippen molar-refractivity contribution in [2.45, 2.75) is 45.4 Å². The van der Waals surface area contributed by atoms with Gasteiger partial charge >= 0.3 is 0 Å². The molecule has 6 heterocycles. The Labute approximate surface area is 478 Å². The van der Waals surface area contributed by atoms with Crippen LogP contribution in [0.5, 0.6) is 11.5 Å². The fourth-order valence-corrected chi connectivity index (χ4v) is 9.34. The van der Waals surface area contributed by atoms with Gasteiger partial charge in [-0.2, -0.15) is 0 Å². The highest BCUT2D eigenvalue weighted by molar-refractivity contribution is 6.32. The smallest absolute Gasteiger partial charge is 0.169 e. The first-order valence-corrected chi connectivity index (χ1v) is 24.2. The average Bonchev–Trinajstić information content (AvgIpc) is 3.38. The molecular formula is C57H54Br4Cl2N8O2. The lowest BCUT2D eigenvalue weighted by molar-refractivity contribution is -0.726. The largest absolute Gasteiger partial charge is 1.00 e. The summed E-state index contributed by atoms with van der Waals surface area (Å²) in [6, 6.07) is 41.3. The number of aryl methyl sites for hydroxylation is 4. The Kier molecular flexibility index (Phi) is 20.7. The van der Waals surface area contributed by atoms with E-state index in [-0.39, 0.29) is 67.9 Å². The summed E-state index contributed by atoms with van der Waals surface area (Å²) in [4.78, 5) is 9.71. The molecule has 0 radical (unpaired) electrons. The van der Waals surface area contributed by atoms with Crippen LogP contribution in [0.2, 0.25) is 10.0 Å². The van der Waals surface area contributed by atoms with E-state index in [1.54, 1.807) is 14.2 Å². The fourth-order valence-electron chi connectivity index (χ4n) is 9.01. The molecule has 73 heavy (non-hydrogen) atoms. The number of hydrogen-bond acceptors (Lipinski definition) is 6. The maximum absolute atomic E-state index is 6.33. The molecule has 0 unspecified atom stereocenters. The Hall–Kier alpha value is -5.48. The zero-order chi connectivity index (χ0) is 47.1. The van der Waals surface area contributed by atoms with Gasteiger partial charge in [0.15, 0.2) is 62.7 Å². The minimum atomic E-state index is 0. The number of hydrogen-bond donors (Lipinski definition) is 2. The molecule has 0 saturated heterocycles. The summed E-state index contributed by atoms with van der Waals surface area (Å²) >= 11 is 12.7. The lowest BCUT2D eigenvalue weighted by Gasteiger charge is -2.14. The van der Waals surface area contributed by atoms with Crippen LogP contribution in [0.4, 0.5) is 11.4 Å². The van der Waals surface area contributed by atoms with Crippen molar-refractivity contribution in [3.05, 3.63) is 181 Å². The quantitative estimate of drug-likeness (QED) is 0.0654. The van der Waals surface area contributed by atoms with E-state index in [0.717, 1.165) is 125 Å². The van der Waals surface area contributed by atoms with Gasteiger partial charge in [0.25, 0.3) is 0 Å². The van der Waals surface area contributed by atoms with Crippen molar-refractivity contribution in [3.63, 3.8) is 0 Å². The van der Waals surface area contributed by atoms with Crippen molar-refractivity contribution in [2.75, 3.05) is 37.9 Å². The number of aromatic nitrogens is 6. The Bertz CT molecular complexity index is 3200. The van der Waals surface area contributed by atoms with E-state index < -0.39 is 0 Å². The van der Waals surface area contributed by atoms with Gasteiger partial charge in [0, 0.05) is 106 Å². The molecule has 6 aromatic heterocycles. The molecule has 16 heteroatoms. The molecule has 0 fully saturated rings. The van der Waals surface area contributed by atoms with Crippen LogP contribution >= 0.6 is 23.2 Å². The molecular weight excluding hydrogens is 1220 g/mol. The topological polar surface area (TPSA) is 83.8 Å². The van der Waals surface area contributed by atoms with Crippen LogP contribution in [-0.4, -0.2) is 37.3 Å². The first kappa shape index (κ1) is 56.8. The normalized spacial score (nSPS) is 10.8. The molecule has 4 aromatic carbocycles. The number of benzene rings is 4. The zero-order valence-corrected chi connectivity index (χ0v) is 48.2. The lowest BCUT2D eigenvalue weighted by Crippen LogP contribution is -3.00. The third-order valence-electron chi connectivity index (χ3n) is 12.7. The second kappa shape index (κ2) is 26.6. The average molecular weight is 1270 g/mol. The van der Waals surface area contributed by atoms with Gasteiger partial charge in [-0.3, -0.25) is 0 Å². The van der Waals surface area contributed by atoms with Gasteiger partial charge in [0.05, 0.1) is 54.1 Å². The van der Waals surface area contributed by atoms with Crippen molar-refractivity contribution >= 4 is 78.2 Å². The van der Waals surface area contributed by atoms with Gasteiger partial charge in [0.2, 0.25) is 0 Å². The van der Waals surface area contributed by atoms with Gasteiger partial charge < -0.3 is 88.0 Å². The monoisotopic (exact) mass is 1270 g/mol. The summed E-state index contributed by atoms with van der Waals surface area (Å²) in [6.07, 6.45) is 20.3. The number of nitrogens with zero attached hydrogens (tertiary/aromatic N) is 6. The van der Waals surface area contributed by atoms with E-state index in [1.807, 2.05) is 72.8 Å². The molecule has 0 saturated carbocycles. The van der Waals surface area contributed by atoms with Gasteiger partial charge in [-0.25, -0.2) is 28.2 Å². The number of methoxy groups -OCH3 is 2. The lowest BCUT2D eigenvalue weighted by atomic mass is 10.1. The van der Waals surface area contributed by atoms with E-state index >= 15 is 0 Å². The molecule has 0 amide bonds. The fraction of sp³-hybridized carbons (Fsp3) is 0.193. The standard InChI is InChI=1S/C57H54Cl2N8O2.4BrH/c1-68-46-8-12-52-50(38-46)56(48-10-6-44(58)36-54(48)62-52)60-22-3-24-64-28-14-40(15-29-64)42-18-32-66(33-19-42)26-5-27-67-34-20-43(21-35-67)41-16-30-65(31-17-41)25-4-23-61-57-49-11-7-45(59)37-55(49)63-53-13-9-47(69-2)39-51(53)57;;;;/h6-21,28-39H,3-5,22-27H2,1-2H3,(H,60,62)(H,61,63);4*1H/q+4;;;;/p-4. The van der Waals surface area contributed by atoms with Crippen LogP contribution in [-0.2, 0) is 26.2 Å². The summed E-state index contributed by atoms with van der Waals surface area (Å²) in [7, 11) is 3.38. The van der Waals surface area contributed by atoms with Crippen LogP contribution in [0, 0.1) is 0 Å². The van der Waals surface area contributed by atoms with E-state index in [2.05, 4.69) is 127 Å². The number of rotatable bonds is 18. The maximum Gasteiger partial charge on any atom is 0.169 e. The number of ether oxygens (including phenoxy) is 2. The van der Waals surface area contributed by atoms with Crippen molar-refractivity contribution in [1.29, 1.82) is 0 Å². The van der Waals surface area contributed by atoms with E-state index in [4.69, 9.17) is 42.6 Å². The molecule has 2 N–H and O–H groups in total. The number of anilines is 2. The van der Waals surface area contributed by atoms with Gasteiger partial charge in [-0.05, 0) is 95.1 Å². The van der Waals surface area contributed by atoms with E-state index in [0.29, 0.717) is 10.0 Å². The predicted molar refractivity (Wildman–Crippen MR) is 277 cm³/mol. The highest BCUT2D eigenvalue weighted by atomic mass is 79.9. The van der Waals surface area contributed by atoms with E-state index in [9.17, 15) is 0 Å². The summed E-state index contributed by atoms with van der Waals surface area (Å²) in [5, 5.41) is 12.9. The third kappa shape index (κ3) is 13.6. The minimum absolute atomic E-state index is 0. The van der Waals surface area contributed by atoms with Crippen molar-refractivity contribution < 1.29 is 95.7 Å². The SMILES string of the molecule is COc1ccc2nc3cc(Cl)ccc3c(NCCC[n+]3ccc(-c4cc[n+](CCC[n+]5ccc(-c6cc[n+](CCCNc7c8ccc(Cl)cc8nc8ccc(OC)cc78)cc6)cc5)cc4)cc3)c2c1.[Br-].[Br-].[Br-].[Br-]. The summed E-state index contributed by atoms with van der Waals surface area (Å²) in [5.41, 5.74) is 10.5. The molecule has 0 bridgehead atoms. The molecule has 0 atom stereocenters. The summed E-state index contributed by atoms with van der Waals surface area (Å²) in [6.45, 7) is 5.28. The van der Waals surface area contributed by atoms with Crippen LogP contribution in [0.25, 0.3) is 65.9 Å². The Balaban J connectivity index is 0.00000217. The number of fused-ring (bicyclic) bond motifs is 4. The van der Waals surface area contributed by atoms with Gasteiger partial charge in [-0.1, -0.05) is 23.2 Å². The minimum Gasteiger partial charge on any atom is -1.00 e. The van der Waals surface area contributed by atoms with Crippen LogP contribution in [0.3, 0.4) is 0 Å². The molecule has 10 rings (SSSR count). The molecule has 0 spiro atoms. The van der Waals surface area contributed by atoms with Crippen LogP contribution < -0.4 is 106 Å². The number of nitrogens with one attached hydrogen (secondary N) is 2. The first-order valence-electron chi connectivity index (χ1n) is 23.5. The van der Waals surface area contributed by atoms with Crippen molar-refractivity contribution in [2.24, 2.45) is 0 Å². The Morgan fingerprint density at radius 2 is 0.712 bits per heavy atom. The molecule has 0 aliphatic heterocycles. The Morgan fingerprint density at radius 1 is 0.384 bits per heavy atom. The second-order valence-corrected chi connectivity index (χ2v) is 18.1. The zero-order valence-electron chi connectivity index (χ0n) is 40.3. The highest BCUT2D eigenvalue weighted by Gasteiger charge is 2.15. The first-order chi connectivity index (χ1) is 33.9. The van der Waals surface area contributed by atoms with Crippen molar-refractivity contribution in [1.82, 2.24) is 9.97 Å². The Morgan fingerprint density at radius 3 is 1.04 bits per heavy atom. The molecule has 10 nitrogen and oxygen atoms in total. The summed E-state index contributed by atoms with van der Waals surface area (Å²) < 4.78 is 20.1. The van der Waals surface area contributed by atoms with Crippen molar-refractivity contribution in [3.8, 4) is 33.8 Å². The number of halogens is 6. The molecule has 0 aliphatic rings.